The maximum absolute atomic E-state index is 13.5. The largest absolute Gasteiger partial charge is 0.452 e. The standard InChI is InChI=1S/C21H21FN2O4/c1-14-4-9-17(11-18(14)22)23-19(25)13-28-21(27)16-7-5-15(6-8-16)12-24-10-2-3-20(24)26/h4-9,11H,2-3,10,12-13H2,1H3,(H,23,25). The van der Waals surface area contributed by atoms with Gasteiger partial charge < -0.3 is 15.0 Å². The summed E-state index contributed by atoms with van der Waals surface area (Å²) >= 11 is 0. The fourth-order valence-corrected chi connectivity index (χ4v) is 2.92. The molecule has 28 heavy (non-hydrogen) atoms. The summed E-state index contributed by atoms with van der Waals surface area (Å²) in [4.78, 5) is 37.4. The van der Waals surface area contributed by atoms with Gasteiger partial charge in [0.25, 0.3) is 5.91 Å². The van der Waals surface area contributed by atoms with Gasteiger partial charge in [0.2, 0.25) is 5.91 Å². The molecule has 6 nitrogen and oxygen atoms in total. The summed E-state index contributed by atoms with van der Waals surface area (Å²) in [6.07, 6.45) is 1.46. The third kappa shape index (κ3) is 4.94. The molecule has 1 aliphatic rings. The van der Waals surface area contributed by atoms with Crippen molar-refractivity contribution in [1.82, 2.24) is 4.90 Å². The van der Waals surface area contributed by atoms with E-state index in [-0.39, 0.29) is 5.91 Å². The topological polar surface area (TPSA) is 75.7 Å². The van der Waals surface area contributed by atoms with E-state index in [2.05, 4.69) is 5.32 Å². The number of likely N-dealkylation sites (tertiary alicyclic amines) is 1. The first-order valence-corrected chi connectivity index (χ1v) is 9.02. The zero-order valence-corrected chi connectivity index (χ0v) is 15.5. The maximum atomic E-state index is 13.5. The molecule has 2 amide bonds. The van der Waals surface area contributed by atoms with Gasteiger partial charge in [-0.3, -0.25) is 9.59 Å². The average Bonchev–Trinajstić information content (AvgIpc) is 3.08. The van der Waals surface area contributed by atoms with E-state index in [1.807, 2.05) is 0 Å². The highest BCUT2D eigenvalue weighted by atomic mass is 19.1. The second kappa shape index (κ2) is 8.65. The molecule has 1 saturated heterocycles. The molecule has 0 aliphatic carbocycles. The van der Waals surface area contributed by atoms with E-state index < -0.39 is 24.3 Å². The summed E-state index contributed by atoms with van der Waals surface area (Å²) in [6, 6.07) is 11.1. The quantitative estimate of drug-likeness (QED) is 0.777. The number of halogens is 1. The highest BCUT2D eigenvalue weighted by molar-refractivity contribution is 5.95. The van der Waals surface area contributed by atoms with Gasteiger partial charge in [0.15, 0.2) is 6.61 Å². The van der Waals surface area contributed by atoms with Crippen LogP contribution in [0.5, 0.6) is 0 Å². The number of carbonyl (C=O) groups is 3. The van der Waals surface area contributed by atoms with Crippen LogP contribution in [0.2, 0.25) is 0 Å². The van der Waals surface area contributed by atoms with Crippen molar-refractivity contribution in [2.75, 3.05) is 18.5 Å². The van der Waals surface area contributed by atoms with Crippen molar-refractivity contribution in [1.29, 1.82) is 0 Å². The summed E-state index contributed by atoms with van der Waals surface area (Å²) in [6.45, 7) is 2.42. The SMILES string of the molecule is Cc1ccc(NC(=O)COC(=O)c2ccc(CN3CCCC3=O)cc2)cc1F. The molecule has 0 aromatic heterocycles. The molecule has 1 N–H and O–H groups in total. The molecular weight excluding hydrogens is 363 g/mol. The molecule has 3 rings (SSSR count). The van der Waals surface area contributed by atoms with Gasteiger partial charge in [-0.05, 0) is 48.7 Å². The van der Waals surface area contributed by atoms with Crippen LogP contribution >= 0.6 is 0 Å². The van der Waals surface area contributed by atoms with Crippen molar-refractivity contribution in [3.8, 4) is 0 Å². The molecule has 0 unspecified atom stereocenters. The van der Waals surface area contributed by atoms with Crippen LogP contribution in [0, 0.1) is 12.7 Å². The third-order valence-corrected chi connectivity index (χ3v) is 4.52. The predicted octanol–water partition coefficient (Wildman–Crippen LogP) is 3.05. The molecule has 1 heterocycles. The molecule has 0 saturated carbocycles. The summed E-state index contributed by atoms with van der Waals surface area (Å²) in [7, 11) is 0. The first kappa shape index (κ1) is 19.5. The number of anilines is 1. The van der Waals surface area contributed by atoms with Crippen molar-refractivity contribution in [3.05, 3.63) is 65.0 Å². The lowest BCUT2D eigenvalue weighted by atomic mass is 10.1. The molecule has 0 bridgehead atoms. The number of ether oxygens (including phenoxy) is 1. The van der Waals surface area contributed by atoms with Gasteiger partial charge in [-0.1, -0.05) is 18.2 Å². The zero-order valence-electron chi connectivity index (χ0n) is 15.5. The van der Waals surface area contributed by atoms with Gasteiger partial charge in [0.1, 0.15) is 5.82 Å². The van der Waals surface area contributed by atoms with Crippen LogP contribution in [0.4, 0.5) is 10.1 Å². The number of hydrogen-bond acceptors (Lipinski definition) is 4. The number of nitrogens with one attached hydrogen (secondary N) is 1. The highest BCUT2D eigenvalue weighted by Gasteiger charge is 2.20. The monoisotopic (exact) mass is 384 g/mol. The Morgan fingerprint density at radius 3 is 2.57 bits per heavy atom. The zero-order chi connectivity index (χ0) is 20.1. The van der Waals surface area contributed by atoms with Gasteiger partial charge >= 0.3 is 5.97 Å². The number of nitrogens with zero attached hydrogens (tertiary/aromatic N) is 1. The lowest BCUT2D eigenvalue weighted by Gasteiger charge is -2.15. The van der Waals surface area contributed by atoms with Crippen molar-refractivity contribution in [3.63, 3.8) is 0 Å². The van der Waals surface area contributed by atoms with Crippen molar-refractivity contribution in [2.45, 2.75) is 26.3 Å². The fraction of sp³-hybridized carbons (Fsp3) is 0.286. The number of esters is 1. The van der Waals surface area contributed by atoms with Crippen molar-refractivity contribution >= 4 is 23.5 Å². The average molecular weight is 384 g/mol. The minimum atomic E-state index is -0.631. The molecule has 146 valence electrons. The van der Waals surface area contributed by atoms with E-state index in [0.717, 1.165) is 18.5 Å². The molecule has 0 radical (unpaired) electrons. The molecule has 1 fully saturated rings. The Balaban J connectivity index is 1.49. The Hall–Kier alpha value is -3.22. The van der Waals surface area contributed by atoms with Crippen LogP contribution in [0.3, 0.4) is 0 Å². The predicted molar refractivity (Wildman–Crippen MR) is 101 cm³/mol. The number of rotatable bonds is 6. The van der Waals surface area contributed by atoms with E-state index in [1.165, 1.54) is 6.07 Å². The molecular formula is C21H21FN2O4. The summed E-state index contributed by atoms with van der Waals surface area (Å²) in [5, 5.41) is 2.48. The fourth-order valence-electron chi connectivity index (χ4n) is 2.92. The van der Waals surface area contributed by atoms with Crippen LogP contribution < -0.4 is 5.32 Å². The smallest absolute Gasteiger partial charge is 0.338 e. The Morgan fingerprint density at radius 1 is 1.18 bits per heavy atom. The van der Waals surface area contributed by atoms with Crippen LogP contribution in [0.1, 0.15) is 34.3 Å². The van der Waals surface area contributed by atoms with Crippen LogP contribution in [-0.4, -0.2) is 35.8 Å². The Labute approximate surface area is 162 Å². The lowest BCUT2D eigenvalue weighted by molar-refractivity contribution is -0.128. The van der Waals surface area contributed by atoms with E-state index in [4.69, 9.17) is 4.74 Å². The maximum Gasteiger partial charge on any atom is 0.338 e. The lowest BCUT2D eigenvalue weighted by Crippen LogP contribution is -2.23. The number of hydrogen-bond donors (Lipinski definition) is 1. The number of carbonyl (C=O) groups excluding carboxylic acids is 3. The second-order valence-corrected chi connectivity index (χ2v) is 6.70. The summed E-state index contributed by atoms with van der Waals surface area (Å²) in [5.74, 6) is -1.47. The summed E-state index contributed by atoms with van der Waals surface area (Å²) in [5.41, 5.74) is 2.00. The van der Waals surface area contributed by atoms with Crippen LogP contribution in [0.15, 0.2) is 42.5 Å². The molecule has 2 aromatic carbocycles. The first-order chi connectivity index (χ1) is 13.4. The number of amides is 2. The van der Waals surface area contributed by atoms with Gasteiger partial charge in [0, 0.05) is 25.2 Å². The van der Waals surface area contributed by atoms with E-state index >= 15 is 0 Å². The highest BCUT2D eigenvalue weighted by Crippen LogP contribution is 2.16. The molecule has 2 aromatic rings. The third-order valence-electron chi connectivity index (χ3n) is 4.52. The second-order valence-electron chi connectivity index (χ2n) is 6.70. The molecule has 0 spiro atoms. The van der Waals surface area contributed by atoms with Crippen molar-refractivity contribution < 1.29 is 23.5 Å². The Bertz CT molecular complexity index is 896. The first-order valence-electron chi connectivity index (χ1n) is 9.02. The van der Waals surface area contributed by atoms with Gasteiger partial charge in [-0.15, -0.1) is 0 Å². The van der Waals surface area contributed by atoms with E-state index in [1.54, 1.807) is 48.2 Å². The van der Waals surface area contributed by atoms with Gasteiger partial charge in [-0.2, -0.15) is 0 Å². The minimum Gasteiger partial charge on any atom is -0.452 e. The van der Waals surface area contributed by atoms with Gasteiger partial charge in [-0.25, -0.2) is 9.18 Å². The number of benzene rings is 2. The summed E-state index contributed by atoms with van der Waals surface area (Å²) < 4.78 is 18.5. The van der Waals surface area contributed by atoms with E-state index in [9.17, 15) is 18.8 Å². The Morgan fingerprint density at radius 2 is 1.93 bits per heavy atom. The van der Waals surface area contributed by atoms with Crippen molar-refractivity contribution in [2.24, 2.45) is 0 Å². The van der Waals surface area contributed by atoms with Gasteiger partial charge in [0.05, 0.1) is 5.56 Å². The minimum absolute atomic E-state index is 0.142. The van der Waals surface area contributed by atoms with Crippen LogP contribution in [-0.2, 0) is 20.9 Å². The normalized spacial score (nSPS) is 13.5. The van der Waals surface area contributed by atoms with Crippen LogP contribution in [0.25, 0.3) is 0 Å². The molecule has 1 aliphatic heterocycles. The number of aryl methyl sites for hydroxylation is 1. The molecule has 0 atom stereocenters. The molecule has 7 heteroatoms. The van der Waals surface area contributed by atoms with E-state index in [0.29, 0.717) is 29.8 Å². The Kier molecular flexibility index (Phi) is 6.03.